The van der Waals surface area contributed by atoms with Gasteiger partial charge in [0.1, 0.15) is 5.75 Å². The molecule has 3 aromatic carbocycles. The van der Waals surface area contributed by atoms with Gasteiger partial charge in [-0.05, 0) is 54.1 Å². The zero-order valence-corrected chi connectivity index (χ0v) is 18.1. The van der Waals surface area contributed by atoms with Crippen molar-refractivity contribution in [1.82, 2.24) is 4.31 Å². The molecule has 0 aromatic heterocycles. The summed E-state index contributed by atoms with van der Waals surface area (Å²) >= 11 is 0. The van der Waals surface area contributed by atoms with Gasteiger partial charge in [-0.3, -0.25) is 4.79 Å². The highest BCUT2D eigenvalue weighted by Crippen LogP contribution is 2.22. The Labute approximate surface area is 177 Å². The molecule has 0 spiro atoms. The summed E-state index contributed by atoms with van der Waals surface area (Å²) in [5, 5.41) is 4.90. The summed E-state index contributed by atoms with van der Waals surface area (Å²) < 4.78 is 32.3. The molecule has 3 rings (SSSR count). The zero-order chi connectivity index (χ0) is 21.7. The van der Waals surface area contributed by atoms with Crippen LogP contribution in [0.15, 0.2) is 71.6 Å². The second-order valence-electron chi connectivity index (χ2n) is 6.87. The van der Waals surface area contributed by atoms with Crippen LogP contribution < -0.4 is 10.1 Å². The van der Waals surface area contributed by atoms with Crippen LogP contribution >= 0.6 is 0 Å². The molecule has 0 saturated heterocycles. The molecule has 0 radical (unpaired) electrons. The number of hydrogen-bond acceptors (Lipinski definition) is 4. The van der Waals surface area contributed by atoms with Gasteiger partial charge in [-0.1, -0.05) is 44.2 Å². The van der Waals surface area contributed by atoms with Crippen LogP contribution in [-0.2, 0) is 14.8 Å². The van der Waals surface area contributed by atoms with Crippen molar-refractivity contribution in [2.45, 2.75) is 31.8 Å². The fraction of sp³-hybridized carbons (Fsp3) is 0.261. The summed E-state index contributed by atoms with van der Waals surface area (Å²) in [5.41, 5.74) is 0.507. The fourth-order valence-electron chi connectivity index (χ4n) is 3.17. The smallest absolute Gasteiger partial charge is 0.265 e. The van der Waals surface area contributed by atoms with Crippen LogP contribution in [0.5, 0.6) is 5.75 Å². The molecule has 0 unspecified atom stereocenters. The molecule has 0 aliphatic rings. The molecule has 0 heterocycles. The second-order valence-corrected chi connectivity index (χ2v) is 8.81. The number of hydrogen-bond donors (Lipinski definition) is 1. The van der Waals surface area contributed by atoms with Gasteiger partial charge < -0.3 is 10.1 Å². The van der Waals surface area contributed by atoms with E-state index in [2.05, 4.69) is 5.32 Å². The van der Waals surface area contributed by atoms with Gasteiger partial charge in [0.25, 0.3) is 5.91 Å². The summed E-state index contributed by atoms with van der Waals surface area (Å²) in [6.07, 6.45) is -0.717. The van der Waals surface area contributed by atoms with Crippen LogP contribution in [0.2, 0.25) is 0 Å². The van der Waals surface area contributed by atoms with E-state index in [4.69, 9.17) is 4.74 Å². The molecule has 1 atom stereocenters. The summed E-state index contributed by atoms with van der Waals surface area (Å²) in [6, 6.07) is 19.8. The van der Waals surface area contributed by atoms with E-state index in [1.807, 2.05) is 42.5 Å². The number of nitrogens with one attached hydrogen (secondary N) is 1. The summed E-state index contributed by atoms with van der Waals surface area (Å²) in [7, 11) is -3.53. The van der Waals surface area contributed by atoms with E-state index in [1.54, 1.807) is 32.9 Å². The molecule has 0 aliphatic heterocycles. The number of sulfonamides is 1. The minimum absolute atomic E-state index is 0.199. The van der Waals surface area contributed by atoms with E-state index < -0.39 is 16.1 Å². The lowest BCUT2D eigenvalue weighted by Crippen LogP contribution is -2.31. The Morgan fingerprint density at radius 3 is 2.23 bits per heavy atom. The maximum absolute atomic E-state index is 12.6. The van der Waals surface area contributed by atoms with Gasteiger partial charge in [0.2, 0.25) is 10.0 Å². The van der Waals surface area contributed by atoms with Crippen LogP contribution in [0.1, 0.15) is 20.8 Å². The number of carbonyl (C=O) groups excluding carboxylic acids is 1. The monoisotopic (exact) mass is 426 g/mol. The lowest BCUT2D eigenvalue weighted by molar-refractivity contribution is -0.122. The van der Waals surface area contributed by atoms with Crippen molar-refractivity contribution < 1.29 is 17.9 Å². The van der Waals surface area contributed by atoms with Crippen LogP contribution in [0, 0.1) is 0 Å². The topological polar surface area (TPSA) is 75.7 Å². The first-order valence-corrected chi connectivity index (χ1v) is 11.4. The Balaban J connectivity index is 1.66. The van der Waals surface area contributed by atoms with Crippen molar-refractivity contribution in [3.63, 3.8) is 0 Å². The third-order valence-electron chi connectivity index (χ3n) is 4.87. The maximum atomic E-state index is 12.6. The number of benzene rings is 3. The van der Waals surface area contributed by atoms with Gasteiger partial charge in [-0.2, -0.15) is 4.31 Å². The molecular formula is C23H26N2O4S. The molecule has 6 nitrogen and oxygen atoms in total. The first kappa shape index (κ1) is 21.8. The molecular weight excluding hydrogens is 400 g/mol. The van der Waals surface area contributed by atoms with E-state index in [9.17, 15) is 13.2 Å². The number of amides is 1. The Morgan fingerprint density at radius 2 is 1.60 bits per heavy atom. The van der Waals surface area contributed by atoms with Crippen LogP contribution in [0.25, 0.3) is 10.8 Å². The molecule has 158 valence electrons. The highest BCUT2D eigenvalue weighted by atomic mass is 32.2. The van der Waals surface area contributed by atoms with Crippen molar-refractivity contribution in [3.05, 3.63) is 66.7 Å². The largest absolute Gasteiger partial charge is 0.481 e. The average molecular weight is 427 g/mol. The normalized spacial score (nSPS) is 12.7. The molecule has 30 heavy (non-hydrogen) atoms. The average Bonchev–Trinajstić information content (AvgIpc) is 2.74. The van der Waals surface area contributed by atoms with E-state index in [0.717, 1.165) is 10.8 Å². The van der Waals surface area contributed by atoms with E-state index in [1.165, 1.54) is 16.4 Å². The minimum atomic E-state index is -3.53. The Hall–Kier alpha value is -2.90. The quantitative estimate of drug-likeness (QED) is 0.583. The number of fused-ring (bicyclic) bond motifs is 1. The van der Waals surface area contributed by atoms with Crippen molar-refractivity contribution >= 4 is 32.4 Å². The Morgan fingerprint density at radius 1 is 0.967 bits per heavy atom. The van der Waals surface area contributed by atoms with Crippen LogP contribution in [-0.4, -0.2) is 37.8 Å². The van der Waals surface area contributed by atoms with Gasteiger partial charge in [0.05, 0.1) is 4.90 Å². The summed E-state index contributed by atoms with van der Waals surface area (Å²) in [6.45, 7) is 6.07. The highest BCUT2D eigenvalue weighted by molar-refractivity contribution is 7.89. The van der Waals surface area contributed by atoms with Gasteiger partial charge in [0.15, 0.2) is 6.10 Å². The molecule has 0 fully saturated rings. The molecule has 1 amide bonds. The SMILES string of the molecule is CCN(CC)S(=O)(=O)c1ccc(NC(=O)[C@@H](C)Oc2ccc3ccccc3c2)cc1. The van der Waals surface area contributed by atoms with Gasteiger partial charge in [0, 0.05) is 18.8 Å². The van der Waals surface area contributed by atoms with E-state index in [0.29, 0.717) is 24.5 Å². The Kier molecular flexibility index (Phi) is 6.74. The minimum Gasteiger partial charge on any atom is -0.481 e. The van der Waals surface area contributed by atoms with Gasteiger partial charge in [-0.25, -0.2) is 8.42 Å². The fourth-order valence-corrected chi connectivity index (χ4v) is 4.62. The first-order valence-electron chi connectivity index (χ1n) is 9.91. The van der Waals surface area contributed by atoms with E-state index >= 15 is 0 Å². The second kappa shape index (κ2) is 9.28. The maximum Gasteiger partial charge on any atom is 0.265 e. The van der Waals surface area contributed by atoms with E-state index in [-0.39, 0.29) is 10.8 Å². The van der Waals surface area contributed by atoms with Crippen molar-refractivity contribution in [2.75, 3.05) is 18.4 Å². The summed E-state index contributed by atoms with van der Waals surface area (Å²) in [5.74, 6) is 0.291. The lowest BCUT2D eigenvalue weighted by atomic mass is 10.1. The lowest BCUT2D eigenvalue weighted by Gasteiger charge is -2.19. The van der Waals surface area contributed by atoms with Crippen molar-refractivity contribution in [1.29, 1.82) is 0 Å². The summed E-state index contributed by atoms with van der Waals surface area (Å²) in [4.78, 5) is 12.7. The molecule has 7 heteroatoms. The molecule has 1 N–H and O–H groups in total. The number of rotatable bonds is 8. The number of anilines is 1. The Bertz CT molecular complexity index is 1120. The van der Waals surface area contributed by atoms with Crippen LogP contribution in [0.4, 0.5) is 5.69 Å². The molecule has 0 saturated carbocycles. The predicted octanol–water partition coefficient (Wildman–Crippen LogP) is 4.28. The van der Waals surface area contributed by atoms with Gasteiger partial charge >= 0.3 is 0 Å². The van der Waals surface area contributed by atoms with Crippen molar-refractivity contribution in [2.24, 2.45) is 0 Å². The number of carbonyl (C=O) groups is 1. The molecule has 0 aliphatic carbocycles. The molecule has 3 aromatic rings. The highest BCUT2D eigenvalue weighted by Gasteiger charge is 2.21. The van der Waals surface area contributed by atoms with Crippen molar-refractivity contribution in [3.8, 4) is 5.75 Å². The number of nitrogens with zero attached hydrogens (tertiary/aromatic N) is 1. The zero-order valence-electron chi connectivity index (χ0n) is 17.3. The first-order chi connectivity index (χ1) is 14.3. The van der Waals surface area contributed by atoms with Crippen LogP contribution in [0.3, 0.4) is 0 Å². The third-order valence-corrected chi connectivity index (χ3v) is 6.93. The van der Waals surface area contributed by atoms with Gasteiger partial charge in [-0.15, -0.1) is 0 Å². The predicted molar refractivity (Wildman–Crippen MR) is 119 cm³/mol. The standard InChI is InChI=1S/C23H26N2O4S/c1-4-25(5-2)30(27,28)22-14-11-20(12-15-22)24-23(26)17(3)29-21-13-10-18-8-6-7-9-19(18)16-21/h6-17H,4-5H2,1-3H3,(H,24,26)/t17-/m1/s1. The molecule has 0 bridgehead atoms. The third kappa shape index (κ3) is 4.80. The number of ether oxygens (including phenoxy) is 1.